The highest BCUT2D eigenvalue weighted by atomic mass is 35.5. The molecule has 0 saturated carbocycles. The number of hydrogen-bond donors (Lipinski definition) is 0. The number of aryl methyl sites for hydroxylation is 1. The third kappa shape index (κ3) is 4.06. The number of amides is 1. The Hall–Kier alpha value is -3.04. The fraction of sp³-hybridized carbons (Fsp3) is 0.160. The molecule has 3 aromatic carbocycles. The summed E-state index contributed by atoms with van der Waals surface area (Å²) in [6, 6.07) is 23.7. The Bertz CT molecular complexity index is 1050. The number of ether oxygens (including phenoxy) is 1. The van der Waals surface area contributed by atoms with E-state index in [-0.39, 0.29) is 5.91 Å². The summed E-state index contributed by atoms with van der Waals surface area (Å²) in [6.07, 6.45) is 0. The van der Waals surface area contributed by atoms with E-state index in [1.807, 2.05) is 84.6 Å². The minimum Gasteiger partial charge on any atom is -0.497 e. The van der Waals surface area contributed by atoms with Crippen LogP contribution in [0.15, 0.2) is 72.8 Å². The number of benzene rings is 3. The fourth-order valence-corrected chi connectivity index (χ4v) is 3.74. The van der Waals surface area contributed by atoms with Crippen molar-refractivity contribution in [2.45, 2.75) is 13.5 Å². The van der Waals surface area contributed by atoms with Gasteiger partial charge >= 0.3 is 0 Å². The maximum absolute atomic E-state index is 13.4. The van der Waals surface area contributed by atoms with Gasteiger partial charge in [-0.05, 0) is 53.5 Å². The molecule has 146 valence electrons. The van der Waals surface area contributed by atoms with Crippen molar-refractivity contribution in [1.82, 2.24) is 4.90 Å². The van der Waals surface area contributed by atoms with Crippen LogP contribution in [0.3, 0.4) is 0 Å². The summed E-state index contributed by atoms with van der Waals surface area (Å²) in [5.41, 5.74) is 6.01. The van der Waals surface area contributed by atoms with Gasteiger partial charge in [0, 0.05) is 18.1 Å². The minimum absolute atomic E-state index is 0.0506. The third-order valence-corrected chi connectivity index (χ3v) is 5.47. The lowest BCUT2D eigenvalue weighted by molar-refractivity contribution is -0.124. The molecular formula is C25H22ClNO2. The van der Waals surface area contributed by atoms with Crippen molar-refractivity contribution in [3.05, 3.63) is 100 Å². The molecule has 0 fully saturated rings. The molecule has 1 amide bonds. The molecule has 0 aliphatic carbocycles. The van der Waals surface area contributed by atoms with Crippen LogP contribution in [0, 0.1) is 6.92 Å². The maximum Gasteiger partial charge on any atom is 0.255 e. The number of methoxy groups -OCH3 is 1. The van der Waals surface area contributed by atoms with Crippen LogP contribution in [-0.2, 0) is 11.3 Å². The molecule has 1 heterocycles. The van der Waals surface area contributed by atoms with E-state index < -0.39 is 0 Å². The van der Waals surface area contributed by atoms with Gasteiger partial charge in [-0.3, -0.25) is 4.79 Å². The van der Waals surface area contributed by atoms with Gasteiger partial charge in [-0.15, -0.1) is 0 Å². The van der Waals surface area contributed by atoms with Crippen LogP contribution >= 0.6 is 11.6 Å². The van der Waals surface area contributed by atoms with E-state index >= 15 is 0 Å². The summed E-state index contributed by atoms with van der Waals surface area (Å²) in [5, 5.41) is 0.686. The lowest BCUT2D eigenvalue weighted by Gasteiger charge is -2.17. The first-order valence-corrected chi connectivity index (χ1v) is 9.91. The predicted molar refractivity (Wildman–Crippen MR) is 118 cm³/mol. The molecule has 0 aromatic heterocycles. The summed E-state index contributed by atoms with van der Waals surface area (Å²) in [4.78, 5) is 15.3. The monoisotopic (exact) mass is 403 g/mol. The number of carbonyl (C=O) groups is 1. The molecule has 4 heteroatoms. The molecule has 0 atom stereocenters. The van der Waals surface area contributed by atoms with Gasteiger partial charge in [0.25, 0.3) is 5.91 Å². The standard InChI is InChI=1S/C25H22ClNO2/c1-17-3-7-20(8-4-17)24-23(19-9-11-21(26)12-10-19)16-27(25(24)28)15-18-5-13-22(29-2)14-6-18/h3-14H,15-16H2,1-2H3. The number of halogens is 1. The van der Waals surface area contributed by atoms with E-state index in [1.165, 1.54) is 5.56 Å². The van der Waals surface area contributed by atoms with Crippen LogP contribution in [0.25, 0.3) is 11.1 Å². The van der Waals surface area contributed by atoms with Crippen molar-refractivity contribution in [3.8, 4) is 5.75 Å². The zero-order valence-electron chi connectivity index (χ0n) is 16.5. The fourth-order valence-electron chi connectivity index (χ4n) is 3.61. The molecule has 4 rings (SSSR count). The molecule has 0 radical (unpaired) electrons. The summed E-state index contributed by atoms with van der Waals surface area (Å²) in [7, 11) is 1.65. The Morgan fingerprint density at radius 1 is 0.897 bits per heavy atom. The van der Waals surface area contributed by atoms with Crippen molar-refractivity contribution < 1.29 is 9.53 Å². The summed E-state index contributed by atoms with van der Waals surface area (Å²) in [5.74, 6) is 0.858. The van der Waals surface area contributed by atoms with E-state index in [9.17, 15) is 4.79 Å². The Labute approximate surface area is 176 Å². The first-order valence-electron chi connectivity index (χ1n) is 9.53. The summed E-state index contributed by atoms with van der Waals surface area (Å²) < 4.78 is 5.23. The van der Waals surface area contributed by atoms with E-state index in [0.717, 1.165) is 33.6 Å². The molecular weight excluding hydrogens is 382 g/mol. The van der Waals surface area contributed by atoms with Crippen LogP contribution in [0.1, 0.15) is 22.3 Å². The molecule has 29 heavy (non-hydrogen) atoms. The highest BCUT2D eigenvalue weighted by Gasteiger charge is 2.31. The van der Waals surface area contributed by atoms with Crippen LogP contribution in [-0.4, -0.2) is 24.5 Å². The average Bonchev–Trinajstić information content (AvgIpc) is 3.06. The molecule has 0 saturated heterocycles. The van der Waals surface area contributed by atoms with Crippen LogP contribution < -0.4 is 4.74 Å². The number of nitrogens with zero attached hydrogens (tertiary/aromatic N) is 1. The lowest BCUT2D eigenvalue weighted by Crippen LogP contribution is -2.26. The van der Waals surface area contributed by atoms with Crippen LogP contribution in [0.4, 0.5) is 0 Å². The van der Waals surface area contributed by atoms with E-state index in [1.54, 1.807) is 7.11 Å². The molecule has 0 bridgehead atoms. The van der Waals surface area contributed by atoms with Crippen molar-refractivity contribution in [3.63, 3.8) is 0 Å². The topological polar surface area (TPSA) is 29.5 Å². The van der Waals surface area contributed by atoms with Gasteiger partial charge in [-0.1, -0.05) is 65.7 Å². The second-order valence-electron chi connectivity index (χ2n) is 7.24. The predicted octanol–water partition coefficient (Wildman–Crippen LogP) is 5.61. The highest BCUT2D eigenvalue weighted by Crippen LogP contribution is 2.36. The third-order valence-electron chi connectivity index (χ3n) is 5.22. The molecule has 0 N–H and O–H groups in total. The van der Waals surface area contributed by atoms with Crippen molar-refractivity contribution in [2.24, 2.45) is 0 Å². The van der Waals surface area contributed by atoms with Crippen molar-refractivity contribution in [1.29, 1.82) is 0 Å². The van der Waals surface area contributed by atoms with Gasteiger partial charge < -0.3 is 9.64 Å². The van der Waals surface area contributed by atoms with Crippen LogP contribution in [0.2, 0.25) is 5.02 Å². The average molecular weight is 404 g/mol. The number of rotatable bonds is 5. The van der Waals surface area contributed by atoms with E-state index in [2.05, 4.69) is 0 Å². The zero-order valence-corrected chi connectivity index (χ0v) is 17.2. The Kier molecular flexibility index (Phi) is 5.41. The highest BCUT2D eigenvalue weighted by molar-refractivity contribution is 6.31. The van der Waals surface area contributed by atoms with E-state index in [4.69, 9.17) is 16.3 Å². The molecule has 3 aromatic rings. The SMILES string of the molecule is COc1ccc(CN2CC(c3ccc(Cl)cc3)=C(c3ccc(C)cc3)C2=O)cc1. The molecule has 1 aliphatic heterocycles. The summed E-state index contributed by atoms with van der Waals surface area (Å²) in [6.45, 7) is 3.16. The molecule has 0 spiro atoms. The lowest BCUT2D eigenvalue weighted by atomic mass is 9.96. The second-order valence-corrected chi connectivity index (χ2v) is 7.67. The van der Waals surface area contributed by atoms with Gasteiger partial charge in [0.05, 0.1) is 12.7 Å². The number of carbonyl (C=O) groups excluding carboxylic acids is 1. The van der Waals surface area contributed by atoms with E-state index in [0.29, 0.717) is 18.1 Å². The van der Waals surface area contributed by atoms with Gasteiger partial charge in [0.1, 0.15) is 5.75 Å². The Balaban J connectivity index is 1.69. The first-order chi connectivity index (χ1) is 14.0. The quantitative estimate of drug-likeness (QED) is 0.554. The zero-order chi connectivity index (χ0) is 20.4. The minimum atomic E-state index is 0.0506. The Morgan fingerprint density at radius 3 is 2.14 bits per heavy atom. The molecule has 0 unspecified atom stereocenters. The largest absolute Gasteiger partial charge is 0.497 e. The molecule has 1 aliphatic rings. The van der Waals surface area contributed by atoms with Crippen molar-refractivity contribution >= 4 is 28.7 Å². The molecule has 3 nitrogen and oxygen atoms in total. The smallest absolute Gasteiger partial charge is 0.255 e. The Morgan fingerprint density at radius 2 is 1.52 bits per heavy atom. The maximum atomic E-state index is 13.4. The second kappa shape index (κ2) is 8.14. The first kappa shape index (κ1) is 19.3. The van der Waals surface area contributed by atoms with Gasteiger partial charge in [-0.25, -0.2) is 0 Å². The summed E-state index contributed by atoms with van der Waals surface area (Å²) >= 11 is 6.07. The van der Waals surface area contributed by atoms with Gasteiger partial charge in [0.15, 0.2) is 0 Å². The van der Waals surface area contributed by atoms with Gasteiger partial charge in [0.2, 0.25) is 0 Å². The van der Waals surface area contributed by atoms with Crippen molar-refractivity contribution in [2.75, 3.05) is 13.7 Å². The van der Waals surface area contributed by atoms with Crippen LogP contribution in [0.5, 0.6) is 5.75 Å². The number of hydrogen-bond acceptors (Lipinski definition) is 2. The van der Waals surface area contributed by atoms with Gasteiger partial charge in [-0.2, -0.15) is 0 Å². The normalized spacial score (nSPS) is 13.9.